The first-order valence-corrected chi connectivity index (χ1v) is 10.00. The first kappa shape index (κ1) is 19.8. The molecule has 1 unspecified atom stereocenters. The Kier molecular flexibility index (Phi) is 5.31. The molecule has 0 bridgehead atoms. The summed E-state index contributed by atoms with van der Waals surface area (Å²) in [5.41, 5.74) is 2.60. The van der Waals surface area contributed by atoms with Crippen molar-refractivity contribution in [1.29, 1.82) is 0 Å². The topological polar surface area (TPSA) is 83.6 Å². The van der Waals surface area contributed by atoms with Gasteiger partial charge in [0.1, 0.15) is 18.1 Å². The molecule has 1 saturated heterocycles. The molecule has 1 fully saturated rings. The van der Waals surface area contributed by atoms with Gasteiger partial charge >= 0.3 is 5.69 Å². The third-order valence-electron chi connectivity index (χ3n) is 5.64. The van der Waals surface area contributed by atoms with Crippen LogP contribution >= 0.6 is 0 Å². The maximum atomic E-state index is 12.6. The Hall–Kier alpha value is -3.55. The number of hydrogen-bond acceptors (Lipinski definition) is 6. The van der Waals surface area contributed by atoms with E-state index in [1.807, 2.05) is 36.4 Å². The number of hydrogen-bond donors (Lipinski definition) is 1. The third-order valence-corrected chi connectivity index (χ3v) is 5.64. The lowest BCUT2D eigenvalue weighted by Gasteiger charge is -2.37. The van der Waals surface area contributed by atoms with Gasteiger partial charge in [-0.1, -0.05) is 0 Å². The average molecular weight is 407 g/mol. The highest BCUT2D eigenvalue weighted by molar-refractivity contribution is 5.79. The minimum absolute atomic E-state index is 0.107. The van der Waals surface area contributed by atoms with Crippen molar-refractivity contribution in [2.45, 2.75) is 19.9 Å². The monoisotopic (exact) mass is 407 g/mol. The van der Waals surface area contributed by atoms with E-state index in [1.165, 1.54) is 22.5 Å². The molecule has 0 radical (unpaired) electrons. The molecule has 2 heterocycles. The second-order valence-corrected chi connectivity index (χ2v) is 7.52. The Morgan fingerprint density at radius 2 is 1.37 bits per heavy atom. The number of Topliss-reactive ketones (excluding diaryl/α,β-unsaturated/α-hetero) is 1. The molecule has 30 heavy (non-hydrogen) atoms. The number of carbonyl (C=O) groups is 1. The number of nitrogens with zero attached hydrogens (tertiary/aromatic N) is 5. The number of benzene rings is 2. The van der Waals surface area contributed by atoms with Gasteiger partial charge in [-0.15, -0.1) is 0 Å². The van der Waals surface area contributed by atoms with Gasteiger partial charge < -0.3 is 14.9 Å². The van der Waals surface area contributed by atoms with E-state index in [-0.39, 0.29) is 17.2 Å². The van der Waals surface area contributed by atoms with Crippen molar-refractivity contribution < 1.29 is 9.90 Å². The summed E-state index contributed by atoms with van der Waals surface area (Å²) in [6.45, 7) is 6.67. The van der Waals surface area contributed by atoms with Gasteiger partial charge in [-0.05, 0) is 62.4 Å². The number of aromatic nitrogens is 3. The van der Waals surface area contributed by atoms with Crippen LogP contribution in [0.15, 0.2) is 59.7 Å². The van der Waals surface area contributed by atoms with E-state index in [0.717, 1.165) is 37.6 Å². The van der Waals surface area contributed by atoms with Crippen LogP contribution in [-0.2, 0) is 4.79 Å². The summed E-state index contributed by atoms with van der Waals surface area (Å²) in [4.78, 5) is 28.7. The van der Waals surface area contributed by atoms with Gasteiger partial charge in [-0.3, -0.25) is 4.79 Å². The van der Waals surface area contributed by atoms with Crippen LogP contribution in [0.3, 0.4) is 0 Å². The fraction of sp³-hybridized carbons (Fsp3) is 0.318. The minimum atomic E-state index is -0.581. The smallest absolute Gasteiger partial charge is 0.351 e. The molecule has 156 valence electrons. The number of phenolic OH excluding ortho intramolecular Hbond substituents is 1. The lowest BCUT2D eigenvalue weighted by molar-refractivity contribution is -0.119. The summed E-state index contributed by atoms with van der Waals surface area (Å²) in [7, 11) is 0. The molecular weight excluding hydrogens is 382 g/mol. The van der Waals surface area contributed by atoms with Crippen molar-refractivity contribution in [2.24, 2.45) is 0 Å². The van der Waals surface area contributed by atoms with E-state index < -0.39 is 6.04 Å². The van der Waals surface area contributed by atoms with E-state index in [0.29, 0.717) is 5.69 Å². The van der Waals surface area contributed by atoms with Crippen LogP contribution in [0.5, 0.6) is 5.75 Å². The first-order valence-electron chi connectivity index (χ1n) is 10.00. The van der Waals surface area contributed by atoms with Crippen LogP contribution in [0.4, 0.5) is 11.4 Å². The molecule has 1 aliphatic heterocycles. The lowest BCUT2D eigenvalue weighted by Crippen LogP contribution is -2.46. The fourth-order valence-corrected chi connectivity index (χ4v) is 3.64. The van der Waals surface area contributed by atoms with Crippen molar-refractivity contribution in [1.82, 2.24) is 14.3 Å². The van der Waals surface area contributed by atoms with Gasteiger partial charge in [0.25, 0.3) is 0 Å². The number of piperazine rings is 1. The Labute approximate surface area is 174 Å². The average Bonchev–Trinajstić information content (AvgIpc) is 3.15. The van der Waals surface area contributed by atoms with Crippen molar-refractivity contribution in [3.05, 3.63) is 65.3 Å². The number of carbonyl (C=O) groups excluding carboxylic acids is 1. The van der Waals surface area contributed by atoms with E-state index in [1.54, 1.807) is 19.1 Å². The van der Waals surface area contributed by atoms with E-state index in [2.05, 4.69) is 14.9 Å². The highest BCUT2D eigenvalue weighted by Gasteiger charge is 2.19. The second kappa shape index (κ2) is 8.06. The summed E-state index contributed by atoms with van der Waals surface area (Å²) >= 11 is 0. The van der Waals surface area contributed by atoms with Crippen LogP contribution in [0.1, 0.15) is 19.9 Å². The molecule has 8 nitrogen and oxygen atoms in total. The molecule has 0 spiro atoms. The van der Waals surface area contributed by atoms with Crippen molar-refractivity contribution in [2.75, 3.05) is 36.0 Å². The molecule has 1 N–H and O–H groups in total. The molecule has 3 aromatic rings. The van der Waals surface area contributed by atoms with Gasteiger partial charge in [0.2, 0.25) is 0 Å². The normalized spacial score (nSPS) is 15.3. The number of rotatable bonds is 5. The number of anilines is 2. The molecule has 1 aromatic heterocycles. The van der Waals surface area contributed by atoms with Crippen LogP contribution in [0, 0.1) is 0 Å². The molecule has 2 aromatic carbocycles. The van der Waals surface area contributed by atoms with Crippen molar-refractivity contribution in [3.63, 3.8) is 0 Å². The number of ketones is 1. The van der Waals surface area contributed by atoms with Crippen LogP contribution in [-0.4, -0.2) is 51.4 Å². The second-order valence-electron chi connectivity index (χ2n) is 7.52. The van der Waals surface area contributed by atoms with Crippen LogP contribution < -0.4 is 15.5 Å². The Balaban J connectivity index is 1.44. The van der Waals surface area contributed by atoms with Crippen molar-refractivity contribution in [3.8, 4) is 11.4 Å². The van der Waals surface area contributed by atoms with E-state index >= 15 is 0 Å². The minimum Gasteiger partial charge on any atom is -0.508 e. The third kappa shape index (κ3) is 3.80. The first-order chi connectivity index (χ1) is 14.4. The standard InChI is InChI=1S/C22H25N5O3/c1-16(17(2)28)27-22(30)26(15-23-27)20-5-3-18(4-6-20)24-11-13-25(14-12-24)19-7-9-21(29)10-8-19/h3-10,15-16,29H,11-14H2,1-2H3. The molecule has 0 amide bonds. The van der Waals surface area contributed by atoms with E-state index in [9.17, 15) is 14.7 Å². The molecule has 1 aliphatic rings. The Bertz CT molecular complexity index is 1080. The van der Waals surface area contributed by atoms with Gasteiger partial charge in [-0.2, -0.15) is 5.10 Å². The summed E-state index contributed by atoms with van der Waals surface area (Å²) in [6.07, 6.45) is 1.45. The molecular formula is C22H25N5O3. The zero-order valence-corrected chi connectivity index (χ0v) is 17.1. The summed E-state index contributed by atoms with van der Waals surface area (Å²) < 4.78 is 2.66. The largest absolute Gasteiger partial charge is 0.508 e. The zero-order valence-electron chi connectivity index (χ0n) is 17.1. The van der Waals surface area contributed by atoms with Crippen LogP contribution in [0.2, 0.25) is 0 Å². The quantitative estimate of drug-likeness (QED) is 0.698. The molecule has 0 saturated carbocycles. The maximum Gasteiger partial charge on any atom is 0.351 e. The molecule has 1 atom stereocenters. The number of aromatic hydroxyl groups is 1. The summed E-state index contributed by atoms with van der Waals surface area (Å²) in [5, 5.41) is 13.5. The predicted molar refractivity (Wildman–Crippen MR) is 116 cm³/mol. The Morgan fingerprint density at radius 1 is 0.900 bits per heavy atom. The fourth-order valence-electron chi connectivity index (χ4n) is 3.64. The lowest BCUT2D eigenvalue weighted by atomic mass is 10.2. The van der Waals surface area contributed by atoms with Gasteiger partial charge in [0, 0.05) is 37.6 Å². The predicted octanol–water partition coefficient (Wildman–Crippen LogP) is 2.22. The number of phenols is 1. The van der Waals surface area contributed by atoms with Crippen LogP contribution in [0.25, 0.3) is 5.69 Å². The highest BCUT2D eigenvalue weighted by Crippen LogP contribution is 2.23. The summed E-state index contributed by atoms with van der Waals surface area (Å²) in [6, 6.07) is 14.5. The molecule has 0 aliphatic carbocycles. The van der Waals surface area contributed by atoms with Gasteiger partial charge in [-0.25, -0.2) is 14.0 Å². The highest BCUT2D eigenvalue weighted by atomic mass is 16.3. The SMILES string of the molecule is CC(=O)C(C)n1ncn(-c2ccc(N3CCN(c4ccc(O)cc4)CC3)cc2)c1=O. The Morgan fingerprint density at radius 3 is 1.87 bits per heavy atom. The molecule has 8 heteroatoms. The summed E-state index contributed by atoms with van der Waals surface area (Å²) in [5.74, 6) is 0.169. The zero-order chi connectivity index (χ0) is 21.3. The molecule has 4 rings (SSSR count). The van der Waals surface area contributed by atoms with E-state index in [4.69, 9.17) is 0 Å². The van der Waals surface area contributed by atoms with Gasteiger partial charge in [0.05, 0.1) is 5.69 Å². The van der Waals surface area contributed by atoms with Gasteiger partial charge in [0.15, 0.2) is 5.78 Å². The van der Waals surface area contributed by atoms with Crippen molar-refractivity contribution >= 4 is 17.2 Å². The maximum absolute atomic E-state index is 12.6.